The van der Waals surface area contributed by atoms with Gasteiger partial charge in [-0.3, -0.25) is 15.1 Å². The van der Waals surface area contributed by atoms with Gasteiger partial charge in [-0.15, -0.1) is 0 Å². The molecule has 1 aromatic carbocycles. The molecule has 1 heterocycles. The van der Waals surface area contributed by atoms with Gasteiger partial charge in [0.15, 0.2) is 0 Å². The van der Waals surface area contributed by atoms with E-state index in [1.54, 1.807) is 0 Å². The quantitative estimate of drug-likeness (QED) is 0.420. The SMILES string of the molecule is NNC(=O)c1ccc(F)c(CN2CCCC(O)C2)c1. The van der Waals surface area contributed by atoms with Crippen molar-refractivity contribution in [3.8, 4) is 0 Å². The first-order chi connectivity index (χ1) is 9.10. The maximum atomic E-state index is 13.7. The molecule has 2 rings (SSSR count). The second kappa shape index (κ2) is 6.10. The summed E-state index contributed by atoms with van der Waals surface area (Å²) in [4.78, 5) is 13.4. The Morgan fingerprint density at radius 1 is 1.58 bits per heavy atom. The number of hydrogen-bond donors (Lipinski definition) is 3. The van der Waals surface area contributed by atoms with Crippen LogP contribution in [0.25, 0.3) is 0 Å². The molecule has 0 spiro atoms. The lowest BCUT2D eigenvalue weighted by Crippen LogP contribution is -2.38. The van der Waals surface area contributed by atoms with Crippen molar-refractivity contribution in [1.82, 2.24) is 10.3 Å². The highest BCUT2D eigenvalue weighted by Gasteiger charge is 2.19. The summed E-state index contributed by atoms with van der Waals surface area (Å²) in [5.74, 6) is 4.26. The number of nitrogen functional groups attached to an aromatic ring is 1. The molecule has 19 heavy (non-hydrogen) atoms. The summed E-state index contributed by atoms with van der Waals surface area (Å²) in [6, 6.07) is 4.16. The molecule has 0 aliphatic carbocycles. The van der Waals surface area contributed by atoms with E-state index < -0.39 is 5.91 Å². The van der Waals surface area contributed by atoms with Gasteiger partial charge in [-0.1, -0.05) is 0 Å². The van der Waals surface area contributed by atoms with Crippen molar-refractivity contribution in [1.29, 1.82) is 0 Å². The van der Waals surface area contributed by atoms with Crippen molar-refractivity contribution in [3.63, 3.8) is 0 Å². The van der Waals surface area contributed by atoms with Crippen LogP contribution in [0.3, 0.4) is 0 Å². The zero-order valence-electron chi connectivity index (χ0n) is 10.6. The van der Waals surface area contributed by atoms with Crippen molar-refractivity contribution in [2.24, 2.45) is 5.84 Å². The van der Waals surface area contributed by atoms with Crippen LogP contribution in [-0.4, -0.2) is 35.1 Å². The van der Waals surface area contributed by atoms with Crippen LogP contribution in [0.2, 0.25) is 0 Å². The van der Waals surface area contributed by atoms with Crippen LogP contribution in [0, 0.1) is 5.82 Å². The molecule has 1 aliphatic heterocycles. The average molecular weight is 267 g/mol. The highest BCUT2D eigenvalue weighted by atomic mass is 19.1. The molecule has 1 saturated heterocycles. The number of aliphatic hydroxyl groups excluding tert-OH is 1. The molecule has 1 atom stereocenters. The van der Waals surface area contributed by atoms with E-state index in [0.717, 1.165) is 19.4 Å². The molecule has 0 saturated carbocycles. The Hall–Kier alpha value is -1.50. The number of nitrogens with one attached hydrogen (secondary N) is 1. The van der Waals surface area contributed by atoms with Gasteiger partial charge in [0, 0.05) is 24.2 Å². The Balaban J connectivity index is 2.12. The molecular weight excluding hydrogens is 249 g/mol. The van der Waals surface area contributed by atoms with Crippen molar-refractivity contribution in [2.75, 3.05) is 13.1 Å². The van der Waals surface area contributed by atoms with Gasteiger partial charge in [-0.25, -0.2) is 10.2 Å². The number of rotatable bonds is 3. The second-order valence-corrected chi connectivity index (χ2v) is 4.81. The van der Waals surface area contributed by atoms with Crippen LogP contribution in [-0.2, 0) is 6.54 Å². The van der Waals surface area contributed by atoms with E-state index in [9.17, 15) is 14.3 Å². The fourth-order valence-corrected chi connectivity index (χ4v) is 2.34. The number of β-amino-alcohol motifs (C(OH)–C–C–N with tert-alkyl or cyclic N) is 1. The van der Waals surface area contributed by atoms with E-state index >= 15 is 0 Å². The minimum absolute atomic E-state index is 0.330. The number of benzene rings is 1. The number of hydrazine groups is 1. The highest BCUT2D eigenvalue weighted by Crippen LogP contribution is 2.17. The highest BCUT2D eigenvalue weighted by molar-refractivity contribution is 5.93. The lowest BCUT2D eigenvalue weighted by atomic mass is 10.1. The summed E-state index contributed by atoms with van der Waals surface area (Å²) >= 11 is 0. The molecule has 4 N–H and O–H groups in total. The zero-order chi connectivity index (χ0) is 13.8. The Labute approximate surface area is 111 Å². The normalized spacial score (nSPS) is 20.3. The Bertz CT molecular complexity index is 467. The predicted octanol–water partition coefficient (Wildman–Crippen LogP) is 0.386. The molecule has 0 bridgehead atoms. The predicted molar refractivity (Wildman–Crippen MR) is 68.6 cm³/mol. The van der Waals surface area contributed by atoms with Gasteiger partial charge in [0.1, 0.15) is 5.82 Å². The summed E-state index contributed by atoms with van der Waals surface area (Å²) < 4.78 is 13.7. The van der Waals surface area contributed by atoms with Crippen molar-refractivity contribution in [3.05, 3.63) is 35.1 Å². The number of nitrogens with two attached hydrogens (primary N) is 1. The van der Waals surface area contributed by atoms with Crippen LogP contribution >= 0.6 is 0 Å². The third-order valence-electron chi connectivity index (χ3n) is 3.31. The van der Waals surface area contributed by atoms with E-state index in [1.807, 2.05) is 10.3 Å². The molecule has 1 aromatic rings. The smallest absolute Gasteiger partial charge is 0.265 e. The van der Waals surface area contributed by atoms with E-state index in [-0.39, 0.29) is 11.9 Å². The average Bonchev–Trinajstić information content (AvgIpc) is 2.40. The number of carbonyl (C=O) groups excluding carboxylic acids is 1. The second-order valence-electron chi connectivity index (χ2n) is 4.81. The van der Waals surface area contributed by atoms with Gasteiger partial charge in [0.2, 0.25) is 0 Å². The van der Waals surface area contributed by atoms with Crippen LogP contribution in [0.1, 0.15) is 28.8 Å². The molecule has 1 fully saturated rings. The minimum atomic E-state index is -0.445. The Morgan fingerprint density at radius 2 is 2.37 bits per heavy atom. The molecule has 6 heteroatoms. The maximum absolute atomic E-state index is 13.7. The summed E-state index contributed by atoms with van der Waals surface area (Å²) in [6.07, 6.45) is 1.33. The number of carbonyl (C=O) groups is 1. The molecule has 0 aromatic heterocycles. The summed E-state index contributed by atoms with van der Waals surface area (Å²) in [7, 11) is 0. The number of hydrogen-bond acceptors (Lipinski definition) is 4. The largest absolute Gasteiger partial charge is 0.392 e. The third kappa shape index (κ3) is 3.50. The van der Waals surface area contributed by atoms with E-state index in [2.05, 4.69) is 0 Å². The first-order valence-corrected chi connectivity index (χ1v) is 6.30. The number of likely N-dealkylation sites (tertiary alicyclic amines) is 1. The van der Waals surface area contributed by atoms with E-state index in [1.165, 1.54) is 18.2 Å². The number of amides is 1. The van der Waals surface area contributed by atoms with Gasteiger partial charge in [0.25, 0.3) is 5.91 Å². The first-order valence-electron chi connectivity index (χ1n) is 6.30. The van der Waals surface area contributed by atoms with Gasteiger partial charge in [-0.05, 0) is 37.6 Å². The van der Waals surface area contributed by atoms with Crippen molar-refractivity contribution >= 4 is 5.91 Å². The van der Waals surface area contributed by atoms with Crippen LogP contribution < -0.4 is 11.3 Å². The first kappa shape index (κ1) is 13.9. The lowest BCUT2D eigenvalue weighted by molar-refractivity contribution is 0.0662. The molecular formula is C13H18FN3O2. The molecule has 104 valence electrons. The molecule has 1 aliphatic rings. The molecule has 1 amide bonds. The standard InChI is InChI=1S/C13H18FN3O2/c14-12-4-3-9(13(19)16-15)6-10(12)7-17-5-1-2-11(18)8-17/h3-4,6,11,18H,1-2,5,7-8,15H2,(H,16,19). The summed E-state index contributed by atoms with van der Waals surface area (Å²) in [6.45, 7) is 1.74. The third-order valence-corrected chi connectivity index (χ3v) is 3.31. The maximum Gasteiger partial charge on any atom is 0.265 e. The van der Waals surface area contributed by atoms with Crippen molar-refractivity contribution in [2.45, 2.75) is 25.5 Å². The molecule has 0 radical (unpaired) electrons. The zero-order valence-corrected chi connectivity index (χ0v) is 10.6. The molecule has 1 unspecified atom stereocenters. The fraction of sp³-hybridized carbons (Fsp3) is 0.462. The van der Waals surface area contributed by atoms with E-state index in [0.29, 0.717) is 24.2 Å². The fourth-order valence-electron chi connectivity index (χ4n) is 2.34. The summed E-state index contributed by atoms with van der Waals surface area (Å²) in [5.41, 5.74) is 2.79. The Kier molecular flexibility index (Phi) is 4.47. The topological polar surface area (TPSA) is 78.6 Å². The summed E-state index contributed by atoms with van der Waals surface area (Å²) in [5, 5.41) is 9.59. The van der Waals surface area contributed by atoms with Gasteiger partial charge in [-0.2, -0.15) is 0 Å². The van der Waals surface area contributed by atoms with Gasteiger partial charge >= 0.3 is 0 Å². The number of piperidine rings is 1. The van der Waals surface area contributed by atoms with Crippen molar-refractivity contribution < 1.29 is 14.3 Å². The van der Waals surface area contributed by atoms with Gasteiger partial charge in [0.05, 0.1) is 6.10 Å². The van der Waals surface area contributed by atoms with E-state index in [4.69, 9.17) is 5.84 Å². The van der Waals surface area contributed by atoms with Crippen LogP contribution in [0.5, 0.6) is 0 Å². The van der Waals surface area contributed by atoms with Crippen LogP contribution in [0.15, 0.2) is 18.2 Å². The van der Waals surface area contributed by atoms with Crippen LogP contribution in [0.4, 0.5) is 4.39 Å². The number of aliphatic hydroxyl groups is 1. The minimum Gasteiger partial charge on any atom is -0.392 e. The monoisotopic (exact) mass is 267 g/mol. The lowest BCUT2D eigenvalue weighted by Gasteiger charge is -2.30. The molecule has 5 nitrogen and oxygen atoms in total. The number of halogens is 1. The Morgan fingerprint density at radius 3 is 3.05 bits per heavy atom. The number of nitrogens with zero attached hydrogens (tertiary/aromatic N) is 1. The van der Waals surface area contributed by atoms with Gasteiger partial charge < -0.3 is 5.11 Å².